The van der Waals surface area contributed by atoms with E-state index in [1.165, 1.54) is 30.7 Å². The number of benzene rings is 3. The molecule has 0 bridgehead atoms. The number of sulfonamides is 1. The van der Waals surface area contributed by atoms with Crippen LogP contribution in [0.2, 0.25) is 0 Å². The Morgan fingerprint density at radius 3 is 2.11 bits per heavy atom. The molecule has 1 fully saturated rings. The van der Waals surface area contributed by atoms with Crippen molar-refractivity contribution in [2.24, 2.45) is 0 Å². The Bertz CT molecular complexity index is 1290. The molecule has 9 heteroatoms. The molecule has 0 spiro atoms. The lowest BCUT2D eigenvalue weighted by atomic mass is 10.2. The van der Waals surface area contributed by atoms with Crippen LogP contribution < -0.4 is 18.7 Å². The number of nitrogens with zero attached hydrogens (tertiary/aromatic N) is 3. The molecule has 3 aromatic rings. The number of aryl methyl sites for hydroxylation is 1. The summed E-state index contributed by atoms with van der Waals surface area (Å²) in [6.07, 6.45) is 0. The zero-order valence-electron chi connectivity index (χ0n) is 20.8. The highest BCUT2D eigenvalue weighted by Crippen LogP contribution is 2.32. The maximum atomic E-state index is 13.8. The minimum atomic E-state index is -4.07. The van der Waals surface area contributed by atoms with Crippen molar-refractivity contribution < 1.29 is 22.7 Å². The number of piperazine rings is 1. The van der Waals surface area contributed by atoms with Crippen molar-refractivity contribution >= 4 is 27.3 Å². The number of rotatable bonds is 8. The largest absolute Gasteiger partial charge is 0.493 e. The van der Waals surface area contributed by atoms with Crippen LogP contribution in [0.5, 0.6) is 11.5 Å². The van der Waals surface area contributed by atoms with Crippen LogP contribution in [-0.2, 0) is 14.8 Å². The van der Waals surface area contributed by atoms with Gasteiger partial charge in [-0.1, -0.05) is 35.9 Å². The molecular weight excluding hydrogens is 478 g/mol. The lowest BCUT2D eigenvalue weighted by molar-refractivity contribution is -0.129. The normalized spacial score (nSPS) is 13.9. The van der Waals surface area contributed by atoms with Crippen LogP contribution in [0, 0.1) is 6.92 Å². The maximum absolute atomic E-state index is 13.8. The van der Waals surface area contributed by atoms with Crippen molar-refractivity contribution in [1.29, 1.82) is 0 Å². The first kappa shape index (κ1) is 25.4. The highest BCUT2D eigenvalue weighted by atomic mass is 32.2. The molecule has 190 valence electrons. The summed E-state index contributed by atoms with van der Waals surface area (Å²) in [5, 5.41) is 0. The van der Waals surface area contributed by atoms with E-state index in [1.807, 2.05) is 49.4 Å². The van der Waals surface area contributed by atoms with E-state index in [0.29, 0.717) is 43.4 Å². The molecule has 4 rings (SSSR count). The molecule has 1 saturated heterocycles. The molecule has 0 radical (unpaired) electrons. The van der Waals surface area contributed by atoms with Gasteiger partial charge in [-0.15, -0.1) is 0 Å². The van der Waals surface area contributed by atoms with E-state index >= 15 is 0 Å². The van der Waals surface area contributed by atoms with E-state index in [9.17, 15) is 13.2 Å². The second-order valence-corrected chi connectivity index (χ2v) is 10.4. The van der Waals surface area contributed by atoms with Crippen LogP contribution >= 0.6 is 0 Å². The Morgan fingerprint density at radius 2 is 1.50 bits per heavy atom. The Hall–Kier alpha value is -3.72. The van der Waals surface area contributed by atoms with Crippen LogP contribution in [-0.4, -0.2) is 66.2 Å². The van der Waals surface area contributed by atoms with E-state index in [2.05, 4.69) is 4.90 Å². The molecular formula is C27H31N3O5S. The third-order valence-corrected chi connectivity index (χ3v) is 8.07. The van der Waals surface area contributed by atoms with Crippen molar-refractivity contribution in [1.82, 2.24) is 4.90 Å². The molecule has 0 N–H and O–H groups in total. The van der Waals surface area contributed by atoms with Crippen molar-refractivity contribution in [2.45, 2.75) is 11.8 Å². The molecule has 0 aromatic heterocycles. The van der Waals surface area contributed by atoms with Gasteiger partial charge in [-0.2, -0.15) is 0 Å². The fourth-order valence-corrected chi connectivity index (χ4v) is 5.64. The lowest BCUT2D eigenvalue weighted by Gasteiger charge is -2.37. The first-order valence-corrected chi connectivity index (χ1v) is 13.2. The van der Waals surface area contributed by atoms with Gasteiger partial charge in [-0.25, -0.2) is 8.42 Å². The number of amides is 1. The van der Waals surface area contributed by atoms with Crippen molar-refractivity contribution in [2.75, 3.05) is 56.1 Å². The predicted molar refractivity (Wildman–Crippen MR) is 140 cm³/mol. The number of para-hydroxylation sites is 1. The Labute approximate surface area is 212 Å². The fourth-order valence-electron chi connectivity index (χ4n) is 4.21. The number of methoxy groups -OCH3 is 2. The zero-order valence-corrected chi connectivity index (χ0v) is 21.6. The predicted octanol–water partition coefficient (Wildman–Crippen LogP) is 3.56. The molecule has 0 aliphatic carbocycles. The summed E-state index contributed by atoms with van der Waals surface area (Å²) < 4.78 is 39.3. The number of ether oxygens (including phenoxy) is 2. The zero-order chi connectivity index (χ0) is 25.7. The SMILES string of the molecule is COc1ccc(S(=O)(=O)N(CC(=O)N2CCN(c3ccccc3)CC2)c2ccc(C)cc2)cc1OC. The quantitative estimate of drug-likeness (QED) is 0.462. The molecule has 8 nitrogen and oxygen atoms in total. The van der Waals surface area contributed by atoms with Gasteiger partial charge in [-0.05, 0) is 43.3 Å². The molecule has 1 amide bonds. The molecule has 0 atom stereocenters. The van der Waals surface area contributed by atoms with Gasteiger partial charge in [0.2, 0.25) is 5.91 Å². The fraction of sp³-hybridized carbons (Fsp3) is 0.296. The van der Waals surface area contributed by atoms with E-state index in [0.717, 1.165) is 11.3 Å². The van der Waals surface area contributed by atoms with Gasteiger partial charge in [-0.3, -0.25) is 9.10 Å². The van der Waals surface area contributed by atoms with Gasteiger partial charge in [0, 0.05) is 37.9 Å². The number of carbonyl (C=O) groups excluding carboxylic acids is 1. The Morgan fingerprint density at radius 1 is 0.861 bits per heavy atom. The molecule has 3 aromatic carbocycles. The first-order chi connectivity index (χ1) is 17.3. The van der Waals surface area contributed by atoms with Gasteiger partial charge < -0.3 is 19.3 Å². The summed E-state index contributed by atoms with van der Waals surface area (Å²) >= 11 is 0. The van der Waals surface area contributed by atoms with E-state index in [4.69, 9.17) is 9.47 Å². The molecule has 0 unspecified atom stereocenters. The lowest BCUT2D eigenvalue weighted by Crippen LogP contribution is -2.52. The van der Waals surface area contributed by atoms with Gasteiger partial charge in [0.25, 0.3) is 10.0 Å². The summed E-state index contributed by atoms with van der Waals surface area (Å²) in [5.41, 5.74) is 2.53. The molecule has 0 saturated carbocycles. The molecule has 1 aliphatic rings. The summed E-state index contributed by atoms with van der Waals surface area (Å²) in [7, 11) is -1.14. The van der Waals surface area contributed by atoms with Crippen molar-refractivity contribution in [3.8, 4) is 11.5 Å². The summed E-state index contributed by atoms with van der Waals surface area (Å²) in [5.74, 6) is 0.476. The standard InChI is InChI=1S/C27H31N3O5S/c1-21-9-11-23(12-10-21)30(36(32,33)24-13-14-25(34-2)26(19-24)35-3)20-27(31)29-17-15-28(16-18-29)22-7-5-4-6-8-22/h4-14,19H,15-18,20H2,1-3H3. The number of hydrogen-bond acceptors (Lipinski definition) is 6. The second-order valence-electron chi connectivity index (χ2n) is 8.57. The van der Waals surface area contributed by atoms with E-state index in [-0.39, 0.29) is 17.3 Å². The minimum absolute atomic E-state index is 0.0161. The molecule has 36 heavy (non-hydrogen) atoms. The summed E-state index contributed by atoms with van der Waals surface area (Å²) in [4.78, 5) is 17.3. The highest BCUT2D eigenvalue weighted by Gasteiger charge is 2.31. The monoisotopic (exact) mass is 509 g/mol. The molecule has 1 heterocycles. The van der Waals surface area contributed by atoms with E-state index < -0.39 is 10.0 Å². The molecule has 1 aliphatic heterocycles. The third-order valence-electron chi connectivity index (χ3n) is 6.30. The Kier molecular flexibility index (Phi) is 7.69. The second kappa shape index (κ2) is 10.9. The number of hydrogen-bond donors (Lipinski definition) is 0. The van der Waals surface area contributed by atoms with Crippen LogP contribution in [0.25, 0.3) is 0 Å². The van der Waals surface area contributed by atoms with Crippen LogP contribution in [0.4, 0.5) is 11.4 Å². The first-order valence-electron chi connectivity index (χ1n) is 11.7. The maximum Gasteiger partial charge on any atom is 0.264 e. The van der Waals surface area contributed by atoms with Gasteiger partial charge in [0.1, 0.15) is 6.54 Å². The number of anilines is 2. The third kappa shape index (κ3) is 5.41. The van der Waals surface area contributed by atoms with Crippen LogP contribution in [0.3, 0.4) is 0 Å². The summed E-state index contributed by atoms with van der Waals surface area (Å²) in [6, 6.07) is 21.6. The van der Waals surface area contributed by atoms with Gasteiger partial charge in [0.05, 0.1) is 24.8 Å². The van der Waals surface area contributed by atoms with Crippen molar-refractivity contribution in [3.63, 3.8) is 0 Å². The smallest absolute Gasteiger partial charge is 0.264 e. The van der Waals surface area contributed by atoms with Gasteiger partial charge >= 0.3 is 0 Å². The minimum Gasteiger partial charge on any atom is -0.493 e. The van der Waals surface area contributed by atoms with Crippen LogP contribution in [0.1, 0.15) is 5.56 Å². The summed E-state index contributed by atoms with van der Waals surface area (Å²) in [6.45, 7) is 4.03. The topological polar surface area (TPSA) is 79.4 Å². The van der Waals surface area contributed by atoms with E-state index in [1.54, 1.807) is 23.1 Å². The van der Waals surface area contributed by atoms with Gasteiger partial charge in [0.15, 0.2) is 11.5 Å². The average molecular weight is 510 g/mol. The van der Waals surface area contributed by atoms with Crippen LogP contribution in [0.15, 0.2) is 77.7 Å². The average Bonchev–Trinajstić information content (AvgIpc) is 2.92. The number of carbonyl (C=O) groups is 1. The Balaban J connectivity index is 1.58. The highest BCUT2D eigenvalue weighted by molar-refractivity contribution is 7.92. The van der Waals surface area contributed by atoms with Crippen molar-refractivity contribution in [3.05, 3.63) is 78.4 Å².